The van der Waals surface area contributed by atoms with E-state index in [1.807, 2.05) is 90.3 Å². The molecule has 1 saturated heterocycles. The van der Waals surface area contributed by atoms with Gasteiger partial charge in [-0.15, -0.1) is 0 Å². The summed E-state index contributed by atoms with van der Waals surface area (Å²) in [5, 5.41) is 5.65. The Morgan fingerprint density at radius 2 is 1.30 bits per heavy atom. The van der Waals surface area contributed by atoms with Gasteiger partial charge >= 0.3 is 13.1 Å². The van der Waals surface area contributed by atoms with E-state index in [1.165, 1.54) is 0 Å². The second-order valence-electron chi connectivity index (χ2n) is 7.70. The highest BCUT2D eigenvalue weighted by atomic mass is 16.7. The van der Waals surface area contributed by atoms with Crippen molar-refractivity contribution in [2.24, 2.45) is 0 Å². The molecule has 0 bridgehead atoms. The summed E-state index contributed by atoms with van der Waals surface area (Å²) in [5.74, 6) is 0. The van der Waals surface area contributed by atoms with E-state index >= 15 is 0 Å². The molecule has 2 N–H and O–H groups in total. The molecule has 1 radical (unpaired) electrons. The standard InChI is InChI=1S/C20H25B2N2O3/c1-19(2)20(3,4)27-22(26-19)15-8-12-17(13-9-15)24-18(25)23-16-10-6-14(21-5)7-11-16/h6-13H,1-5H3,(H2,23,24,25). The molecule has 2 amide bonds. The van der Waals surface area contributed by atoms with Gasteiger partial charge in [0.2, 0.25) is 0 Å². The molecule has 0 spiro atoms. The van der Waals surface area contributed by atoms with Crippen LogP contribution in [0, 0.1) is 0 Å². The van der Waals surface area contributed by atoms with Crippen LogP contribution in [-0.4, -0.2) is 31.6 Å². The highest BCUT2D eigenvalue weighted by Gasteiger charge is 2.51. The van der Waals surface area contributed by atoms with Crippen LogP contribution in [0.4, 0.5) is 16.2 Å². The lowest BCUT2D eigenvalue weighted by Crippen LogP contribution is -2.41. The summed E-state index contributed by atoms with van der Waals surface area (Å²) in [6, 6.07) is 14.9. The van der Waals surface area contributed by atoms with Gasteiger partial charge in [0, 0.05) is 11.4 Å². The van der Waals surface area contributed by atoms with Crippen LogP contribution in [0.2, 0.25) is 6.82 Å². The SMILES string of the molecule is C[B]c1ccc(NC(=O)Nc2ccc(B3OC(C)(C)C(C)(C)O3)cc2)cc1. The lowest BCUT2D eigenvalue weighted by molar-refractivity contribution is 0.00578. The van der Waals surface area contributed by atoms with E-state index in [-0.39, 0.29) is 17.2 Å². The molecule has 0 aliphatic carbocycles. The molecule has 0 aromatic heterocycles. The Kier molecular flexibility index (Phi) is 5.36. The molecule has 0 unspecified atom stereocenters. The summed E-state index contributed by atoms with van der Waals surface area (Å²) in [5.41, 5.74) is 2.72. The Bertz CT molecular complexity index is 789. The smallest absolute Gasteiger partial charge is 0.399 e. The fraction of sp³-hybridized carbons (Fsp3) is 0.350. The van der Waals surface area contributed by atoms with E-state index in [4.69, 9.17) is 9.31 Å². The van der Waals surface area contributed by atoms with E-state index in [2.05, 4.69) is 10.6 Å². The number of anilines is 2. The first kappa shape index (κ1) is 19.5. The Hall–Kier alpha value is -2.24. The zero-order valence-electron chi connectivity index (χ0n) is 16.5. The second-order valence-corrected chi connectivity index (χ2v) is 7.70. The van der Waals surface area contributed by atoms with Gasteiger partial charge in [0.1, 0.15) is 7.28 Å². The van der Waals surface area contributed by atoms with E-state index in [1.54, 1.807) is 0 Å². The minimum Gasteiger partial charge on any atom is -0.399 e. The monoisotopic (exact) mass is 363 g/mol. The second kappa shape index (κ2) is 7.41. The van der Waals surface area contributed by atoms with Gasteiger partial charge in [0.15, 0.2) is 0 Å². The molecule has 1 aliphatic heterocycles. The van der Waals surface area contributed by atoms with E-state index in [9.17, 15) is 4.79 Å². The molecule has 1 fully saturated rings. The number of hydrogen-bond acceptors (Lipinski definition) is 3. The van der Waals surface area contributed by atoms with Crippen molar-refractivity contribution in [2.75, 3.05) is 10.6 Å². The molecule has 27 heavy (non-hydrogen) atoms. The zero-order chi connectivity index (χ0) is 19.7. The molecule has 1 heterocycles. The van der Waals surface area contributed by atoms with Crippen molar-refractivity contribution in [3.05, 3.63) is 48.5 Å². The third-order valence-electron chi connectivity index (χ3n) is 5.20. The molecule has 2 aromatic carbocycles. The highest BCUT2D eigenvalue weighted by molar-refractivity contribution is 6.62. The lowest BCUT2D eigenvalue weighted by atomic mass is 9.73. The first-order valence-corrected chi connectivity index (χ1v) is 9.13. The molecular weight excluding hydrogens is 338 g/mol. The molecule has 1 aliphatic rings. The Labute approximate surface area is 162 Å². The van der Waals surface area contributed by atoms with Gasteiger partial charge in [-0.25, -0.2) is 4.79 Å². The van der Waals surface area contributed by atoms with Gasteiger partial charge in [0.05, 0.1) is 11.2 Å². The van der Waals surface area contributed by atoms with Gasteiger partial charge in [-0.05, 0) is 57.4 Å². The molecule has 0 atom stereocenters. The van der Waals surface area contributed by atoms with Crippen LogP contribution in [0.1, 0.15) is 27.7 Å². The molecule has 2 aromatic rings. The van der Waals surface area contributed by atoms with Crippen molar-refractivity contribution in [3.8, 4) is 0 Å². The van der Waals surface area contributed by atoms with Gasteiger partial charge < -0.3 is 19.9 Å². The predicted octanol–water partition coefficient (Wildman–Crippen LogP) is 3.01. The summed E-state index contributed by atoms with van der Waals surface area (Å²) in [6.45, 7) is 10.1. The highest BCUT2D eigenvalue weighted by Crippen LogP contribution is 2.36. The summed E-state index contributed by atoms with van der Waals surface area (Å²) in [4.78, 5) is 12.2. The Morgan fingerprint density at radius 3 is 1.74 bits per heavy atom. The van der Waals surface area contributed by atoms with Crippen molar-refractivity contribution in [2.45, 2.75) is 45.7 Å². The van der Waals surface area contributed by atoms with Crippen molar-refractivity contribution in [3.63, 3.8) is 0 Å². The lowest BCUT2D eigenvalue weighted by Gasteiger charge is -2.32. The van der Waals surface area contributed by atoms with Crippen LogP contribution in [0.15, 0.2) is 48.5 Å². The summed E-state index contributed by atoms with van der Waals surface area (Å²) >= 11 is 0. The first-order valence-electron chi connectivity index (χ1n) is 9.13. The number of urea groups is 1. The fourth-order valence-corrected chi connectivity index (χ4v) is 2.76. The largest absolute Gasteiger partial charge is 0.494 e. The topological polar surface area (TPSA) is 59.6 Å². The maximum atomic E-state index is 12.2. The van der Waals surface area contributed by atoms with Crippen molar-refractivity contribution >= 4 is 42.7 Å². The fourth-order valence-electron chi connectivity index (χ4n) is 2.76. The number of amides is 2. The number of carbonyl (C=O) groups is 1. The quantitative estimate of drug-likeness (QED) is 0.822. The van der Waals surface area contributed by atoms with Gasteiger partial charge in [-0.1, -0.05) is 36.6 Å². The third-order valence-corrected chi connectivity index (χ3v) is 5.20. The number of carbonyl (C=O) groups excluding carboxylic acids is 1. The Balaban J connectivity index is 1.60. The molecule has 3 rings (SSSR count). The van der Waals surface area contributed by atoms with Crippen molar-refractivity contribution < 1.29 is 14.1 Å². The van der Waals surface area contributed by atoms with Crippen LogP contribution in [0.3, 0.4) is 0 Å². The van der Waals surface area contributed by atoms with Crippen molar-refractivity contribution in [1.29, 1.82) is 0 Å². The van der Waals surface area contributed by atoms with Crippen LogP contribution >= 0.6 is 0 Å². The van der Waals surface area contributed by atoms with E-state index < -0.39 is 7.12 Å². The number of hydrogen-bond donors (Lipinski definition) is 2. The maximum Gasteiger partial charge on any atom is 0.494 e. The summed E-state index contributed by atoms with van der Waals surface area (Å²) in [6.07, 6.45) is 0. The van der Waals surface area contributed by atoms with Crippen LogP contribution in [0.5, 0.6) is 0 Å². The van der Waals surface area contributed by atoms with E-state index in [0.29, 0.717) is 5.69 Å². The zero-order valence-corrected chi connectivity index (χ0v) is 16.5. The van der Waals surface area contributed by atoms with Crippen LogP contribution in [0.25, 0.3) is 0 Å². The van der Waals surface area contributed by atoms with Crippen LogP contribution in [-0.2, 0) is 9.31 Å². The van der Waals surface area contributed by atoms with Gasteiger partial charge in [-0.2, -0.15) is 0 Å². The van der Waals surface area contributed by atoms with Gasteiger partial charge in [-0.3, -0.25) is 0 Å². The van der Waals surface area contributed by atoms with Gasteiger partial charge in [0.25, 0.3) is 0 Å². The van der Waals surface area contributed by atoms with E-state index in [0.717, 1.165) is 16.6 Å². The summed E-state index contributed by atoms with van der Waals surface area (Å²) < 4.78 is 12.1. The minimum absolute atomic E-state index is 0.286. The van der Waals surface area contributed by atoms with Crippen LogP contribution < -0.4 is 21.6 Å². The third kappa shape index (κ3) is 4.37. The van der Waals surface area contributed by atoms with Crippen molar-refractivity contribution in [1.82, 2.24) is 0 Å². The number of rotatable bonds is 4. The number of benzene rings is 2. The number of nitrogens with one attached hydrogen (secondary N) is 2. The average Bonchev–Trinajstić information content (AvgIpc) is 2.84. The molecule has 7 heteroatoms. The first-order chi connectivity index (χ1) is 12.7. The minimum atomic E-state index is -0.410. The molecule has 139 valence electrons. The normalized spacial score (nSPS) is 17.4. The molecular formula is C20H25B2N2O3. The predicted molar refractivity (Wildman–Crippen MR) is 112 cm³/mol. The Morgan fingerprint density at radius 1 is 0.852 bits per heavy atom. The summed E-state index contributed by atoms with van der Waals surface area (Å²) in [7, 11) is 1.59. The molecule has 5 nitrogen and oxygen atoms in total. The average molecular weight is 363 g/mol. The maximum absolute atomic E-state index is 12.2. The molecule has 0 saturated carbocycles.